The van der Waals surface area contributed by atoms with Crippen molar-refractivity contribution in [2.45, 2.75) is 27.3 Å². The third kappa shape index (κ3) is 4.38. The van der Waals surface area contributed by atoms with Gasteiger partial charge in [-0.2, -0.15) is 0 Å². The summed E-state index contributed by atoms with van der Waals surface area (Å²) in [7, 11) is 0. The Morgan fingerprint density at radius 1 is 0.926 bits per heavy atom. The van der Waals surface area contributed by atoms with Crippen LogP contribution in [0.4, 0.5) is 0 Å². The molecule has 0 radical (unpaired) electrons. The first-order valence-electron chi connectivity index (χ1n) is 9.40. The summed E-state index contributed by atoms with van der Waals surface area (Å²) in [6, 6.07) is 23.5. The molecule has 1 N–H and O–H groups in total. The van der Waals surface area contributed by atoms with Gasteiger partial charge in [0.05, 0.1) is 0 Å². The van der Waals surface area contributed by atoms with Crippen LogP contribution in [0.25, 0.3) is 22.9 Å². The highest BCUT2D eigenvalue weighted by molar-refractivity contribution is 5.81. The fourth-order valence-corrected chi connectivity index (χ4v) is 3.38. The minimum absolute atomic E-state index is 0.756. The van der Waals surface area contributed by atoms with Gasteiger partial charge < -0.3 is 5.32 Å². The van der Waals surface area contributed by atoms with Gasteiger partial charge in [-0.1, -0.05) is 79.4 Å². The second-order valence-electron chi connectivity index (χ2n) is 6.89. The highest BCUT2D eigenvalue weighted by Crippen LogP contribution is 2.30. The minimum atomic E-state index is 0.756. The molecule has 0 amide bonds. The van der Waals surface area contributed by atoms with Crippen molar-refractivity contribution in [2.75, 3.05) is 0 Å². The van der Waals surface area contributed by atoms with Crippen LogP contribution in [0.5, 0.6) is 0 Å². The van der Waals surface area contributed by atoms with Gasteiger partial charge in [-0.05, 0) is 60.2 Å². The van der Waals surface area contributed by atoms with Crippen molar-refractivity contribution in [1.82, 2.24) is 5.32 Å². The van der Waals surface area contributed by atoms with E-state index in [-0.39, 0.29) is 0 Å². The summed E-state index contributed by atoms with van der Waals surface area (Å²) < 4.78 is 0. The summed E-state index contributed by atoms with van der Waals surface area (Å²) in [5, 5.41) is 3.54. The zero-order chi connectivity index (χ0) is 19.2. The SMILES string of the molecule is C=C(NCc1ccc(C)c(/C=C\C)c1)c1c(C)cccc1-c1ccccc1. The molecule has 3 rings (SSSR count). The molecule has 27 heavy (non-hydrogen) atoms. The quantitative estimate of drug-likeness (QED) is 0.516. The molecule has 0 aliphatic carbocycles. The van der Waals surface area contributed by atoms with Crippen LogP contribution in [0.15, 0.2) is 79.4 Å². The molecule has 3 aromatic rings. The van der Waals surface area contributed by atoms with Gasteiger partial charge in [0.2, 0.25) is 0 Å². The van der Waals surface area contributed by atoms with Crippen LogP contribution >= 0.6 is 0 Å². The summed E-state index contributed by atoms with van der Waals surface area (Å²) in [6.45, 7) is 11.4. The summed E-state index contributed by atoms with van der Waals surface area (Å²) >= 11 is 0. The van der Waals surface area contributed by atoms with Crippen molar-refractivity contribution in [1.29, 1.82) is 0 Å². The van der Waals surface area contributed by atoms with Crippen LogP contribution in [0.2, 0.25) is 0 Å². The first-order valence-corrected chi connectivity index (χ1v) is 9.40. The van der Waals surface area contributed by atoms with Crippen LogP contribution < -0.4 is 5.32 Å². The standard InChI is InChI=1S/C26H27N/c1-5-10-24-17-22(16-15-19(24)2)18-27-21(4)26-20(3)11-9-14-25(26)23-12-7-6-8-13-23/h5-17,27H,4,18H2,1-3H3/b10-5-. The molecular weight excluding hydrogens is 326 g/mol. The maximum atomic E-state index is 4.34. The van der Waals surface area contributed by atoms with Crippen molar-refractivity contribution in [2.24, 2.45) is 0 Å². The van der Waals surface area contributed by atoms with E-state index in [1.54, 1.807) is 0 Å². The van der Waals surface area contributed by atoms with E-state index in [0.717, 1.165) is 12.2 Å². The van der Waals surface area contributed by atoms with Gasteiger partial charge in [0.25, 0.3) is 0 Å². The van der Waals surface area contributed by atoms with Crippen LogP contribution in [0.1, 0.15) is 34.7 Å². The first kappa shape index (κ1) is 18.7. The minimum Gasteiger partial charge on any atom is -0.381 e. The van der Waals surface area contributed by atoms with Crippen molar-refractivity contribution >= 4 is 11.8 Å². The molecule has 0 bridgehead atoms. The molecule has 3 aromatic carbocycles. The normalized spacial score (nSPS) is 10.9. The van der Waals surface area contributed by atoms with Crippen LogP contribution in [0.3, 0.4) is 0 Å². The van der Waals surface area contributed by atoms with E-state index < -0.39 is 0 Å². The molecule has 0 unspecified atom stereocenters. The lowest BCUT2D eigenvalue weighted by Crippen LogP contribution is -2.13. The number of nitrogens with one attached hydrogen (secondary N) is 1. The van der Waals surface area contributed by atoms with Crippen molar-refractivity contribution in [3.63, 3.8) is 0 Å². The summed E-state index contributed by atoms with van der Waals surface area (Å²) in [6.07, 6.45) is 4.24. The highest BCUT2D eigenvalue weighted by Gasteiger charge is 2.11. The van der Waals surface area contributed by atoms with Crippen molar-refractivity contribution < 1.29 is 0 Å². The van der Waals surface area contributed by atoms with E-state index in [4.69, 9.17) is 0 Å². The van der Waals surface area contributed by atoms with E-state index in [1.807, 2.05) is 6.07 Å². The highest BCUT2D eigenvalue weighted by atomic mass is 14.9. The fourth-order valence-electron chi connectivity index (χ4n) is 3.38. The Labute approximate surface area is 163 Å². The lowest BCUT2D eigenvalue weighted by Gasteiger charge is -2.17. The molecule has 1 heteroatoms. The molecule has 136 valence electrons. The number of allylic oxidation sites excluding steroid dienone is 1. The lowest BCUT2D eigenvalue weighted by molar-refractivity contribution is 0.889. The second kappa shape index (κ2) is 8.55. The predicted octanol–water partition coefficient (Wildman–Crippen LogP) is 6.76. The Morgan fingerprint density at radius 3 is 2.44 bits per heavy atom. The van der Waals surface area contributed by atoms with Crippen LogP contribution in [0, 0.1) is 13.8 Å². The number of hydrogen-bond acceptors (Lipinski definition) is 1. The zero-order valence-electron chi connectivity index (χ0n) is 16.4. The number of hydrogen-bond donors (Lipinski definition) is 1. The molecular formula is C26H27N. The molecule has 0 heterocycles. The average molecular weight is 354 g/mol. The summed E-state index contributed by atoms with van der Waals surface area (Å²) in [5.74, 6) is 0. The molecule has 0 spiro atoms. The van der Waals surface area contributed by atoms with Gasteiger partial charge >= 0.3 is 0 Å². The second-order valence-corrected chi connectivity index (χ2v) is 6.89. The monoisotopic (exact) mass is 353 g/mol. The van der Waals surface area contributed by atoms with Crippen LogP contribution in [-0.2, 0) is 6.54 Å². The predicted molar refractivity (Wildman–Crippen MR) is 118 cm³/mol. The third-order valence-electron chi connectivity index (χ3n) is 4.86. The van der Waals surface area contributed by atoms with Gasteiger partial charge in [0.15, 0.2) is 0 Å². The Hall–Kier alpha value is -3.06. The van der Waals surface area contributed by atoms with Gasteiger partial charge in [-0.25, -0.2) is 0 Å². The average Bonchev–Trinajstić information content (AvgIpc) is 2.69. The van der Waals surface area contributed by atoms with E-state index in [9.17, 15) is 0 Å². The Morgan fingerprint density at radius 2 is 1.70 bits per heavy atom. The number of benzene rings is 3. The lowest BCUT2D eigenvalue weighted by atomic mass is 9.94. The van der Waals surface area contributed by atoms with Crippen molar-refractivity contribution in [3.05, 3.63) is 107 Å². The third-order valence-corrected chi connectivity index (χ3v) is 4.86. The van der Waals surface area contributed by atoms with E-state index in [0.29, 0.717) is 0 Å². The van der Waals surface area contributed by atoms with Gasteiger partial charge in [0.1, 0.15) is 0 Å². The molecule has 0 aromatic heterocycles. The first-order chi connectivity index (χ1) is 13.1. The van der Waals surface area contributed by atoms with Crippen LogP contribution in [-0.4, -0.2) is 0 Å². The molecule has 1 nitrogen and oxygen atoms in total. The van der Waals surface area contributed by atoms with E-state index >= 15 is 0 Å². The summed E-state index contributed by atoms with van der Waals surface area (Å²) in [4.78, 5) is 0. The smallest absolute Gasteiger partial charge is 0.0401 e. The van der Waals surface area contributed by atoms with Gasteiger partial charge in [-0.15, -0.1) is 0 Å². The van der Waals surface area contributed by atoms with Gasteiger partial charge in [0, 0.05) is 17.8 Å². The Balaban J connectivity index is 1.84. The molecule has 0 aliphatic heterocycles. The van der Waals surface area contributed by atoms with Crippen molar-refractivity contribution in [3.8, 4) is 11.1 Å². The molecule has 0 saturated carbocycles. The number of aryl methyl sites for hydroxylation is 2. The largest absolute Gasteiger partial charge is 0.381 e. The maximum absolute atomic E-state index is 4.34. The van der Waals surface area contributed by atoms with Gasteiger partial charge in [-0.3, -0.25) is 0 Å². The Bertz CT molecular complexity index is 965. The molecule has 0 saturated heterocycles. The molecule has 0 aliphatic rings. The maximum Gasteiger partial charge on any atom is 0.0401 e. The zero-order valence-corrected chi connectivity index (χ0v) is 16.4. The summed E-state index contributed by atoms with van der Waals surface area (Å²) in [5.41, 5.74) is 9.61. The fraction of sp³-hybridized carbons (Fsp3) is 0.154. The molecule has 0 fully saturated rings. The van der Waals surface area contributed by atoms with E-state index in [1.165, 1.54) is 38.9 Å². The topological polar surface area (TPSA) is 12.0 Å². The molecule has 0 atom stereocenters. The van der Waals surface area contributed by atoms with E-state index in [2.05, 4.69) is 105 Å². The Kier molecular flexibility index (Phi) is 5.93. The number of rotatable bonds is 6.